The molecule has 2 heterocycles. The summed E-state index contributed by atoms with van der Waals surface area (Å²) < 4.78 is 4.03. The van der Waals surface area contributed by atoms with Crippen LogP contribution in [-0.2, 0) is 0 Å². The lowest BCUT2D eigenvalue weighted by Gasteiger charge is -2.19. The van der Waals surface area contributed by atoms with Gasteiger partial charge in [-0.1, -0.05) is 54.6 Å². The average Bonchev–Trinajstić information content (AvgIpc) is 4.29. The van der Waals surface area contributed by atoms with Gasteiger partial charge in [0.15, 0.2) is 22.7 Å². The predicted octanol–water partition coefficient (Wildman–Crippen LogP) is 18.0. The van der Waals surface area contributed by atoms with Crippen LogP contribution in [-0.4, -0.2) is 9.13 Å². The van der Waals surface area contributed by atoms with E-state index in [0.717, 1.165) is 27.1 Å². The number of nitrogens with zero attached hydrogens (tertiary/aromatic N) is 12. The van der Waals surface area contributed by atoms with Gasteiger partial charge in [-0.3, -0.25) is 0 Å². The minimum absolute atomic E-state index is 0.221. The van der Waals surface area contributed by atoms with Crippen molar-refractivity contribution in [3.8, 4) is 103 Å². The van der Waals surface area contributed by atoms with Crippen molar-refractivity contribution in [1.29, 1.82) is 31.6 Å². The molecule has 83 heavy (non-hydrogen) atoms. The minimum Gasteiger partial charge on any atom is -0.308 e. The fraction of sp³-hybridized carbons (Fsp3) is 0.0141. The van der Waals surface area contributed by atoms with Gasteiger partial charge in [0.2, 0.25) is 0 Å². The van der Waals surface area contributed by atoms with E-state index in [1.165, 1.54) is 24.3 Å². The summed E-state index contributed by atoms with van der Waals surface area (Å²) in [4.78, 5) is 14.7. The molecule has 0 unspecified atom stereocenters. The van der Waals surface area contributed by atoms with Gasteiger partial charge in [-0.25, -0.2) is 19.4 Å². The van der Waals surface area contributed by atoms with E-state index in [-0.39, 0.29) is 28.3 Å². The Hall–Kier alpha value is -13.3. The summed E-state index contributed by atoms with van der Waals surface area (Å²) >= 11 is 0. The second kappa shape index (κ2) is 20.2. The minimum atomic E-state index is 0.221. The maximum Gasteiger partial charge on any atom is 0.189 e. The Bertz CT molecular complexity index is 4680. The molecule has 12 aromatic rings. The maximum atomic E-state index is 12.1. The highest BCUT2D eigenvalue weighted by molar-refractivity contribution is 6.13. The van der Waals surface area contributed by atoms with E-state index in [4.69, 9.17) is 26.3 Å². The van der Waals surface area contributed by atoms with E-state index < -0.39 is 0 Å². The summed E-state index contributed by atoms with van der Waals surface area (Å²) in [5, 5.41) is 66.0. The van der Waals surface area contributed by atoms with Crippen molar-refractivity contribution in [3.05, 3.63) is 261 Å². The van der Waals surface area contributed by atoms with Crippen molar-refractivity contribution < 1.29 is 0 Å². The number of benzene rings is 10. The topological polar surface area (TPSA) is 170 Å². The van der Waals surface area contributed by atoms with E-state index in [9.17, 15) is 31.6 Å². The predicted molar refractivity (Wildman–Crippen MR) is 320 cm³/mol. The second-order valence-corrected chi connectivity index (χ2v) is 19.8. The second-order valence-electron chi connectivity index (χ2n) is 19.8. The van der Waals surface area contributed by atoms with Crippen molar-refractivity contribution in [3.63, 3.8) is 0 Å². The summed E-state index contributed by atoms with van der Waals surface area (Å²) in [5.41, 5.74) is 13.9. The van der Waals surface area contributed by atoms with Crippen LogP contribution in [0, 0.1) is 101 Å². The van der Waals surface area contributed by atoms with Gasteiger partial charge in [-0.05, 0) is 189 Å². The lowest BCUT2D eigenvalue weighted by atomic mass is 9.96. The Balaban J connectivity index is 1.26. The molecule has 0 spiro atoms. The smallest absolute Gasteiger partial charge is 0.189 e. The molecule has 12 heteroatoms. The van der Waals surface area contributed by atoms with Crippen molar-refractivity contribution in [2.24, 2.45) is 0 Å². The molecule has 0 bridgehead atoms. The molecule has 0 amide bonds. The number of hydrogen-bond acceptors (Lipinski definition) is 6. The average molecular weight is 1050 g/mol. The van der Waals surface area contributed by atoms with Gasteiger partial charge < -0.3 is 9.13 Å². The normalized spacial score (nSPS) is 10.6. The Kier molecular flexibility index (Phi) is 12.3. The zero-order valence-corrected chi connectivity index (χ0v) is 43.6. The number of aromatic nitrogens is 2. The van der Waals surface area contributed by atoms with E-state index >= 15 is 0 Å². The van der Waals surface area contributed by atoms with Crippen molar-refractivity contribution in [2.75, 3.05) is 0 Å². The van der Waals surface area contributed by atoms with Crippen LogP contribution >= 0.6 is 0 Å². The molecule has 0 aliphatic rings. The number of hydrogen-bond donors (Lipinski definition) is 0. The molecule has 0 radical (unpaired) electrons. The Morgan fingerprint density at radius 3 is 0.819 bits per heavy atom. The molecule has 0 atom stereocenters. The third-order valence-corrected chi connectivity index (χ3v) is 14.8. The Morgan fingerprint density at radius 1 is 0.289 bits per heavy atom. The van der Waals surface area contributed by atoms with Gasteiger partial charge in [0, 0.05) is 43.8 Å². The quantitative estimate of drug-likeness (QED) is 0.144. The molecule has 12 nitrogen and oxygen atoms in total. The zero-order chi connectivity index (χ0) is 57.6. The summed E-state index contributed by atoms with van der Waals surface area (Å²) in [7, 11) is 0. The van der Waals surface area contributed by atoms with Crippen molar-refractivity contribution in [1.82, 2.24) is 9.13 Å². The van der Waals surface area contributed by atoms with Crippen LogP contribution in [0.4, 0.5) is 22.7 Å². The third kappa shape index (κ3) is 8.77. The maximum absolute atomic E-state index is 12.1. The molecule has 376 valence electrons. The lowest BCUT2D eigenvalue weighted by molar-refractivity contribution is 1.12. The molecule has 2 aromatic heterocycles. The molecule has 10 aromatic carbocycles. The van der Waals surface area contributed by atoms with E-state index in [0.29, 0.717) is 117 Å². The lowest BCUT2D eigenvalue weighted by Crippen LogP contribution is -2.05. The molecule has 0 aliphatic carbocycles. The summed E-state index contributed by atoms with van der Waals surface area (Å²) in [6.07, 6.45) is 0. The van der Waals surface area contributed by atoms with Crippen LogP contribution in [0.1, 0.15) is 38.9 Å². The molecule has 0 saturated heterocycles. The standard InChI is InChI=1S/C71H32N12/c1-41-14-42(35-72)16-51(15-41)56-33-70(82-66-29-47(52-17-43(36-73)21-57(25-52)78-2)6-10-61(66)62-11-7-48(30-67(62)82)53-18-44(37-74)22-58(26-53)79-3)65(40-77)71(34-56)83-68-31-49(54-19-45(38-75)23-59(27-54)80-4)8-12-63(68)64-13-9-50(32-69(64)83)55-20-46(39-76)24-60(28-55)81-5/h6-34H,1H3. The highest BCUT2D eigenvalue weighted by Gasteiger charge is 2.25. The van der Waals surface area contributed by atoms with E-state index in [1.807, 2.05) is 107 Å². The first-order valence-electron chi connectivity index (χ1n) is 25.5. The summed E-state index contributed by atoms with van der Waals surface area (Å²) in [5.74, 6) is 0. The van der Waals surface area contributed by atoms with Crippen LogP contribution in [0.3, 0.4) is 0 Å². The fourth-order valence-corrected chi connectivity index (χ4v) is 11.2. The molecular formula is C71H32N12. The first-order chi connectivity index (χ1) is 40.5. The molecule has 0 saturated carbocycles. The first-order valence-corrected chi connectivity index (χ1v) is 25.5. The molecular weight excluding hydrogens is 1020 g/mol. The zero-order valence-electron chi connectivity index (χ0n) is 43.6. The Morgan fingerprint density at radius 2 is 0.554 bits per heavy atom. The largest absolute Gasteiger partial charge is 0.308 e. The monoisotopic (exact) mass is 1050 g/mol. The fourth-order valence-electron chi connectivity index (χ4n) is 11.2. The van der Waals surface area contributed by atoms with E-state index in [1.54, 1.807) is 60.7 Å². The molecule has 0 fully saturated rings. The van der Waals surface area contributed by atoms with Crippen LogP contribution in [0.5, 0.6) is 0 Å². The highest BCUT2D eigenvalue weighted by atomic mass is 15.0. The SMILES string of the molecule is [C-]#[N+]c1cc(C#N)cc(-c2ccc3c4ccc(-c5cc(C#N)cc([N+]#[C-])c5)cc4n(-c4cc(-c5cc(C)cc(C#N)c5)cc(-n5c6cc(-c7cc(C#N)cc([N+]#[C-])c7)ccc6c6ccc(-c7cc(C#N)cc([N+]#[C-])c7)cc65)c4C#N)c3c2)c1. The molecule has 0 N–H and O–H groups in total. The number of rotatable bonds is 7. The van der Waals surface area contributed by atoms with Crippen molar-refractivity contribution in [2.45, 2.75) is 6.92 Å². The Labute approximate surface area is 475 Å². The van der Waals surface area contributed by atoms with Crippen molar-refractivity contribution >= 4 is 66.4 Å². The summed E-state index contributed by atoms with van der Waals surface area (Å²) in [6.45, 7) is 33.4. The van der Waals surface area contributed by atoms with Crippen LogP contribution in [0.2, 0.25) is 0 Å². The highest BCUT2D eigenvalue weighted by Crippen LogP contribution is 2.45. The van der Waals surface area contributed by atoms with Crippen LogP contribution in [0.15, 0.2) is 176 Å². The van der Waals surface area contributed by atoms with E-state index in [2.05, 4.69) is 55.8 Å². The van der Waals surface area contributed by atoms with Crippen LogP contribution < -0.4 is 0 Å². The van der Waals surface area contributed by atoms with Gasteiger partial charge in [0.1, 0.15) is 11.6 Å². The van der Waals surface area contributed by atoms with Gasteiger partial charge in [0.05, 0.1) is 95.6 Å². The number of aryl methyl sites for hydroxylation is 1. The molecule has 0 aliphatic heterocycles. The number of fused-ring (bicyclic) bond motifs is 6. The number of nitriles is 6. The summed E-state index contributed by atoms with van der Waals surface area (Å²) in [6, 6.07) is 66.6. The van der Waals surface area contributed by atoms with Crippen LogP contribution in [0.25, 0.3) is 130 Å². The van der Waals surface area contributed by atoms with Gasteiger partial charge in [0.25, 0.3) is 0 Å². The third-order valence-electron chi connectivity index (χ3n) is 14.8. The van der Waals surface area contributed by atoms with Gasteiger partial charge in [-0.2, -0.15) is 31.6 Å². The van der Waals surface area contributed by atoms with Gasteiger partial charge >= 0.3 is 0 Å². The van der Waals surface area contributed by atoms with Gasteiger partial charge in [-0.15, -0.1) is 0 Å². The molecule has 12 rings (SSSR count). The first kappa shape index (κ1) is 50.5.